The molecule has 0 fully saturated rings. The Labute approximate surface area is 165 Å². The van der Waals surface area contributed by atoms with Gasteiger partial charge in [0.2, 0.25) is 11.1 Å². The van der Waals surface area contributed by atoms with Crippen molar-refractivity contribution in [2.45, 2.75) is 25.4 Å². The minimum absolute atomic E-state index is 0.0123. The van der Waals surface area contributed by atoms with Crippen molar-refractivity contribution >= 4 is 29.0 Å². The summed E-state index contributed by atoms with van der Waals surface area (Å²) in [5.41, 5.74) is 2.76. The monoisotopic (exact) mass is 398 g/mol. The Balaban J connectivity index is 1.68. The molecular weight excluding hydrogens is 380 g/mol. The number of tetrazole rings is 1. The summed E-state index contributed by atoms with van der Waals surface area (Å²) in [5, 5.41) is 25.8. The number of hydrogen-bond donors (Lipinski definition) is 1. The second-order valence-corrected chi connectivity index (χ2v) is 6.95. The van der Waals surface area contributed by atoms with Crippen LogP contribution in [0.2, 0.25) is 0 Å². The molecule has 10 heteroatoms. The zero-order valence-electron chi connectivity index (χ0n) is 15.3. The van der Waals surface area contributed by atoms with E-state index in [1.165, 1.54) is 17.7 Å². The predicted octanol–water partition coefficient (Wildman–Crippen LogP) is 3.17. The van der Waals surface area contributed by atoms with Crippen molar-refractivity contribution in [3.05, 3.63) is 63.7 Å². The van der Waals surface area contributed by atoms with Gasteiger partial charge < -0.3 is 5.32 Å². The first-order valence-corrected chi connectivity index (χ1v) is 9.52. The summed E-state index contributed by atoms with van der Waals surface area (Å²) < 4.78 is 1.55. The molecule has 9 nitrogen and oxygen atoms in total. The number of carbonyl (C=O) groups excluding carboxylic acids is 1. The summed E-state index contributed by atoms with van der Waals surface area (Å²) >= 11 is 1.15. The Morgan fingerprint density at radius 1 is 1.25 bits per heavy atom. The SMILES string of the molecule is CCc1ccc(-n2nnnc2SCC(=O)Nc2ccc(C)cc2[N+](=O)[O-])cc1. The zero-order chi connectivity index (χ0) is 20.1. The van der Waals surface area contributed by atoms with Crippen molar-refractivity contribution in [2.75, 3.05) is 11.1 Å². The number of nitro benzene ring substituents is 1. The third-order valence-corrected chi connectivity index (χ3v) is 4.91. The van der Waals surface area contributed by atoms with E-state index < -0.39 is 4.92 Å². The fourth-order valence-corrected chi connectivity index (χ4v) is 3.21. The number of hydrogen-bond acceptors (Lipinski definition) is 7. The highest BCUT2D eigenvalue weighted by molar-refractivity contribution is 7.99. The molecule has 0 bridgehead atoms. The van der Waals surface area contributed by atoms with E-state index >= 15 is 0 Å². The van der Waals surface area contributed by atoms with Crippen LogP contribution in [0.25, 0.3) is 5.69 Å². The lowest BCUT2D eigenvalue weighted by atomic mass is 10.1. The number of benzene rings is 2. The number of amides is 1. The average molecular weight is 398 g/mol. The molecule has 0 aliphatic heterocycles. The van der Waals surface area contributed by atoms with E-state index in [0.717, 1.165) is 29.4 Å². The van der Waals surface area contributed by atoms with Crippen molar-refractivity contribution in [2.24, 2.45) is 0 Å². The Hall–Kier alpha value is -3.27. The molecule has 1 heterocycles. The van der Waals surface area contributed by atoms with Crippen LogP contribution in [0.15, 0.2) is 47.6 Å². The summed E-state index contributed by atoms with van der Waals surface area (Å²) in [5.74, 6) is -0.369. The Bertz CT molecular complexity index is 1000. The Morgan fingerprint density at radius 3 is 2.68 bits per heavy atom. The lowest BCUT2D eigenvalue weighted by molar-refractivity contribution is -0.384. The van der Waals surface area contributed by atoms with Crippen LogP contribution in [-0.2, 0) is 11.2 Å². The Kier molecular flexibility index (Phi) is 5.99. The summed E-state index contributed by atoms with van der Waals surface area (Å²) in [6, 6.07) is 12.5. The number of nitrogens with one attached hydrogen (secondary N) is 1. The summed E-state index contributed by atoms with van der Waals surface area (Å²) in [7, 11) is 0. The molecule has 0 aliphatic rings. The number of carbonyl (C=O) groups is 1. The van der Waals surface area contributed by atoms with Crippen LogP contribution in [-0.4, -0.2) is 36.8 Å². The molecule has 1 N–H and O–H groups in total. The van der Waals surface area contributed by atoms with Crippen LogP contribution < -0.4 is 5.32 Å². The quantitative estimate of drug-likeness (QED) is 0.369. The first-order chi connectivity index (χ1) is 13.5. The van der Waals surface area contributed by atoms with Gasteiger partial charge in [0.25, 0.3) is 5.69 Å². The van der Waals surface area contributed by atoms with Crippen molar-refractivity contribution in [3.63, 3.8) is 0 Å². The summed E-state index contributed by atoms with van der Waals surface area (Å²) in [6.45, 7) is 3.83. The van der Waals surface area contributed by atoms with Gasteiger partial charge in [0.15, 0.2) is 0 Å². The lowest BCUT2D eigenvalue weighted by Crippen LogP contribution is -2.15. The molecule has 0 saturated carbocycles. The average Bonchev–Trinajstić information content (AvgIpc) is 3.16. The molecule has 3 aromatic rings. The van der Waals surface area contributed by atoms with E-state index in [1.54, 1.807) is 17.7 Å². The molecule has 2 aromatic carbocycles. The molecule has 28 heavy (non-hydrogen) atoms. The molecule has 0 saturated heterocycles. The number of aryl methyl sites for hydroxylation is 2. The van der Waals surface area contributed by atoms with Gasteiger partial charge in [-0.05, 0) is 53.1 Å². The molecule has 0 radical (unpaired) electrons. The molecule has 1 amide bonds. The summed E-state index contributed by atoms with van der Waals surface area (Å²) in [4.78, 5) is 22.9. The topological polar surface area (TPSA) is 116 Å². The molecule has 3 rings (SSSR count). The van der Waals surface area contributed by atoms with Crippen LogP contribution in [0.3, 0.4) is 0 Å². The van der Waals surface area contributed by atoms with Gasteiger partial charge in [0.05, 0.1) is 16.4 Å². The van der Waals surface area contributed by atoms with Crippen LogP contribution in [0.1, 0.15) is 18.1 Å². The fraction of sp³-hybridized carbons (Fsp3) is 0.222. The van der Waals surface area contributed by atoms with Crippen molar-refractivity contribution < 1.29 is 9.72 Å². The second-order valence-electron chi connectivity index (χ2n) is 6.01. The smallest absolute Gasteiger partial charge is 0.293 e. The molecule has 1 aromatic heterocycles. The van der Waals surface area contributed by atoms with Crippen molar-refractivity contribution in [3.8, 4) is 5.69 Å². The largest absolute Gasteiger partial charge is 0.320 e. The maximum Gasteiger partial charge on any atom is 0.293 e. The van der Waals surface area contributed by atoms with Gasteiger partial charge in [-0.1, -0.05) is 36.9 Å². The predicted molar refractivity (Wildman–Crippen MR) is 106 cm³/mol. The van der Waals surface area contributed by atoms with Gasteiger partial charge in [0.1, 0.15) is 5.69 Å². The minimum atomic E-state index is -0.518. The van der Waals surface area contributed by atoms with Gasteiger partial charge in [-0.2, -0.15) is 4.68 Å². The van der Waals surface area contributed by atoms with Crippen molar-refractivity contribution in [1.29, 1.82) is 0 Å². The number of rotatable bonds is 7. The first-order valence-electron chi connectivity index (χ1n) is 8.53. The van der Waals surface area contributed by atoms with Gasteiger partial charge in [-0.3, -0.25) is 14.9 Å². The highest BCUT2D eigenvalue weighted by Crippen LogP contribution is 2.26. The van der Waals surface area contributed by atoms with E-state index in [-0.39, 0.29) is 23.0 Å². The van der Waals surface area contributed by atoms with Crippen LogP contribution in [0.5, 0.6) is 0 Å². The number of thioether (sulfide) groups is 1. The first kappa shape index (κ1) is 19.5. The lowest BCUT2D eigenvalue weighted by Gasteiger charge is -2.07. The normalized spacial score (nSPS) is 10.6. The van der Waals surface area contributed by atoms with Gasteiger partial charge in [-0.15, -0.1) is 5.10 Å². The zero-order valence-corrected chi connectivity index (χ0v) is 16.1. The molecule has 0 aliphatic carbocycles. The summed E-state index contributed by atoms with van der Waals surface area (Å²) in [6.07, 6.45) is 0.933. The Morgan fingerprint density at radius 2 is 2.00 bits per heavy atom. The maximum atomic E-state index is 12.3. The van der Waals surface area contributed by atoms with Crippen LogP contribution >= 0.6 is 11.8 Å². The molecule has 0 atom stereocenters. The third kappa shape index (κ3) is 4.52. The highest BCUT2D eigenvalue weighted by Gasteiger charge is 2.17. The number of aromatic nitrogens is 4. The van der Waals surface area contributed by atoms with Gasteiger partial charge in [-0.25, -0.2) is 0 Å². The maximum absolute atomic E-state index is 12.3. The van der Waals surface area contributed by atoms with E-state index in [4.69, 9.17) is 0 Å². The van der Waals surface area contributed by atoms with E-state index in [1.807, 2.05) is 24.3 Å². The van der Waals surface area contributed by atoms with E-state index in [2.05, 4.69) is 27.8 Å². The van der Waals surface area contributed by atoms with Crippen molar-refractivity contribution in [1.82, 2.24) is 20.2 Å². The van der Waals surface area contributed by atoms with E-state index in [9.17, 15) is 14.9 Å². The van der Waals surface area contributed by atoms with Crippen LogP contribution in [0, 0.1) is 17.0 Å². The molecule has 144 valence electrons. The van der Waals surface area contributed by atoms with Crippen LogP contribution in [0.4, 0.5) is 11.4 Å². The number of nitro groups is 1. The minimum Gasteiger partial charge on any atom is -0.320 e. The second kappa shape index (κ2) is 8.61. The highest BCUT2D eigenvalue weighted by atomic mass is 32.2. The third-order valence-electron chi connectivity index (χ3n) is 3.99. The molecule has 0 unspecified atom stereocenters. The van der Waals surface area contributed by atoms with Gasteiger partial charge in [0, 0.05) is 6.07 Å². The molecule has 0 spiro atoms. The number of nitrogens with zero attached hydrogens (tertiary/aromatic N) is 5. The van der Waals surface area contributed by atoms with Gasteiger partial charge >= 0.3 is 0 Å². The van der Waals surface area contributed by atoms with E-state index in [0.29, 0.717) is 5.16 Å². The molecular formula is C18H18N6O3S. The standard InChI is InChI=1S/C18H18N6O3S/c1-3-13-5-7-14(8-6-13)23-18(20-21-22-23)28-11-17(25)19-15-9-4-12(2)10-16(15)24(26)27/h4-10H,3,11H2,1-2H3,(H,19,25). The number of anilines is 1. The fourth-order valence-electron chi connectivity index (χ4n) is 2.52.